The largest absolute Gasteiger partial charge is 0.378 e. The third-order valence-corrected chi connectivity index (χ3v) is 5.44. The van der Waals surface area contributed by atoms with E-state index < -0.39 is 5.60 Å². The summed E-state index contributed by atoms with van der Waals surface area (Å²) in [4.78, 5) is 11.6. The highest BCUT2D eigenvalue weighted by Crippen LogP contribution is 2.22. The molecule has 138 valence electrons. The third kappa shape index (κ3) is 5.31. The maximum Gasteiger partial charge on any atom is 0.120 e. The minimum atomic E-state index is -0.941. The van der Waals surface area contributed by atoms with Crippen LogP contribution in [0.3, 0.4) is 0 Å². The number of hydrogen-bond acceptors (Lipinski definition) is 5. The molecule has 1 saturated heterocycles. The van der Waals surface area contributed by atoms with Gasteiger partial charge in [-0.15, -0.1) is 11.3 Å². The lowest BCUT2D eigenvalue weighted by atomic mass is 10.1. The maximum absolute atomic E-state index is 9.73. The molecule has 0 spiro atoms. The first-order valence-electron chi connectivity index (χ1n) is 9.13. The number of nitrogens with zero attached hydrogens (tertiary/aromatic N) is 3. The number of rotatable bonds is 3. The number of hydrogen-bond donors (Lipinski definition) is 1. The molecular formula is C21H27N3OS. The summed E-state index contributed by atoms with van der Waals surface area (Å²) in [7, 11) is 0. The topological polar surface area (TPSA) is 39.6 Å². The monoisotopic (exact) mass is 369 g/mol. The van der Waals surface area contributed by atoms with Crippen LogP contribution in [-0.2, 0) is 6.54 Å². The van der Waals surface area contributed by atoms with Gasteiger partial charge in [0.15, 0.2) is 0 Å². The van der Waals surface area contributed by atoms with Crippen molar-refractivity contribution in [3.05, 3.63) is 45.9 Å². The number of thiophene rings is 1. The fourth-order valence-corrected chi connectivity index (χ4v) is 4.06. The second-order valence-corrected chi connectivity index (χ2v) is 8.52. The van der Waals surface area contributed by atoms with E-state index in [1.165, 1.54) is 22.5 Å². The van der Waals surface area contributed by atoms with Crippen molar-refractivity contribution < 1.29 is 5.11 Å². The first kappa shape index (κ1) is 18.9. The lowest BCUT2D eigenvalue weighted by Gasteiger charge is -2.24. The second kappa shape index (κ2) is 8.22. The molecule has 0 saturated carbocycles. The molecule has 1 fully saturated rings. The van der Waals surface area contributed by atoms with Crippen molar-refractivity contribution in [2.75, 3.05) is 31.1 Å². The predicted molar refractivity (Wildman–Crippen MR) is 109 cm³/mol. The fourth-order valence-electron chi connectivity index (χ4n) is 3.16. The Morgan fingerprint density at radius 2 is 2.04 bits per heavy atom. The van der Waals surface area contributed by atoms with Gasteiger partial charge >= 0.3 is 0 Å². The number of pyridine rings is 1. The predicted octanol–water partition coefficient (Wildman–Crippen LogP) is 3.29. The van der Waals surface area contributed by atoms with Gasteiger partial charge in [-0.3, -0.25) is 9.88 Å². The van der Waals surface area contributed by atoms with Crippen LogP contribution in [0, 0.1) is 18.8 Å². The average Bonchev–Trinajstić information content (AvgIpc) is 2.90. The van der Waals surface area contributed by atoms with Gasteiger partial charge in [0, 0.05) is 55.7 Å². The van der Waals surface area contributed by atoms with Crippen LogP contribution in [-0.4, -0.2) is 46.8 Å². The van der Waals surface area contributed by atoms with Crippen molar-refractivity contribution in [3.63, 3.8) is 0 Å². The zero-order valence-electron chi connectivity index (χ0n) is 15.8. The van der Waals surface area contributed by atoms with Gasteiger partial charge in [0.2, 0.25) is 0 Å². The molecule has 0 amide bonds. The summed E-state index contributed by atoms with van der Waals surface area (Å²) in [5, 5.41) is 9.73. The quantitative estimate of drug-likeness (QED) is 0.843. The summed E-state index contributed by atoms with van der Waals surface area (Å²) in [6, 6.07) is 6.34. The van der Waals surface area contributed by atoms with Gasteiger partial charge in [-0.1, -0.05) is 11.8 Å². The van der Waals surface area contributed by atoms with E-state index in [0.29, 0.717) is 0 Å². The zero-order valence-corrected chi connectivity index (χ0v) is 16.6. The number of aryl methyl sites for hydroxylation is 1. The SMILES string of the molecule is Cc1cnccc1N1CCCN(Cc2ccc(C#CC(C)(C)O)s2)CC1. The van der Waals surface area contributed by atoms with Crippen molar-refractivity contribution in [3.8, 4) is 11.8 Å². The van der Waals surface area contributed by atoms with Crippen LogP contribution in [0.4, 0.5) is 5.69 Å². The minimum Gasteiger partial charge on any atom is -0.378 e. The summed E-state index contributed by atoms with van der Waals surface area (Å²) in [5.74, 6) is 5.96. The van der Waals surface area contributed by atoms with E-state index in [4.69, 9.17) is 0 Å². The van der Waals surface area contributed by atoms with Gasteiger partial charge in [-0.05, 0) is 51.0 Å². The molecular weight excluding hydrogens is 342 g/mol. The summed E-state index contributed by atoms with van der Waals surface area (Å²) >= 11 is 1.73. The van der Waals surface area contributed by atoms with Crippen LogP contribution in [0.2, 0.25) is 0 Å². The summed E-state index contributed by atoms with van der Waals surface area (Å²) < 4.78 is 0. The lowest BCUT2D eigenvalue weighted by Crippen LogP contribution is -2.30. The summed E-state index contributed by atoms with van der Waals surface area (Å²) in [5.41, 5.74) is 1.61. The van der Waals surface area contributed by atoms with Crippen molar-refractivity contribution >= 4 is 17.0 Å². The average molecular weight is 370 g/mol. The normalized spacial score (nSPS) is 16.1. The van der Waals surface area contributed by atoms with Crippen molar-refractivity contribution in [1.82, 2.24) is 9.88 Å². The Morgan fingerprint density at radius 3 is 2.81 bits per heavy atom. The summed E-state index contributed by atoms with van der Waals surface area (Å²) in [6.07, 6.45) is 4.99. The van der Waals surface area contributed by atoms with E-state index >= 15 is 0 Å². The van der Waals surface area contributed by atoms with Crippen LogP contribution in [0.5, 0.6) is 0 Å². The molecule has 0 atom stereocenters. The Bertz CT molecular complexity index is 797. The Morgan fingerprint density at radius 1 is 1.19 bits per heavy atom. The first-order valence-corrected chi connectivity index (χ1v) is 9.94. The molecule has 2 aromatic heterocycles. The van der Waals surface area contributed by atoms with Gasteiger partial charge in [0.1, 0.15) is 5.60 Å². The molecule has 0 radical (unpaired) electrons. The van der Waals surface area contributed by atoms with E-state index in [1.807, 2.05) is 12.4 Å². The van der Waals surface area contributed by atoms with E-state index in [-0.39, 0.29) is 0 Å². The zero-order chi connectivity index (χ0) is 18.6. The van der Waals surface area contributed by atoms with Crippen LogP contribution in [0.25, 0.3) is 0 Å². The first-order chi connectivity index (χ1) is 12.4. The van der Waals surface area contributed by atoms with Crippen LogP contribution >= 0.6 is 11.3 Å². The molecule has 1 aliphatic rings. The highest BCUT2D eigenvalue weighted by atomic mass is 32.1. The molecule has 2 aromatic rings. The van der Waals surface area contributed by atoms with Gasteiger partial charge in [-0.2, -0.15) is 0 Å². The number of aromatic nitrogens is 1. The summed E-state index contributed by atoms with van der Waals surface area (Å²) in [6.45, 7) is 10.8. The maximum atomic E-state index is 9.73. The third-order valence-electron chi connectivity index (χ3n) is 4.45. The van der Waals surface area contributed by atoms with E-state index in [0.717, 1.165) is 37.6 Å². The smallest absolute Gasteiger partial charge is 0.120 e. The van der Waals surface area contributed by atoms with Crippen LogP contribution in [0.15, 0.2) is 30.6 Å². The Hall–Kier alpha value is -1.87. The molecule has 0 bridgehead atoms. The fraction of sp³-hybridized carbons (Fsp3) is 0.476. The molecule has 1 N–H and O–H groups in total. The molecule has 4 nitrogen and oxygen atoms in total. The molecule has 0 aliphatic carbocycles. The molecule has 0 aromatic carbocycles. The van der Waals surface area contributed by atoms with Crippen molar-refractivity contribution in [1.29, 1.82) is 0 Å². The molecule has 26 heavy (non-hydrogen) atoms. The second-order valence-electron chi connectivity index (χ2n) is 7.35. The lowest BCUT2D eigenvalue weighted by molar-refractivity contribution is 0.143. The van der Waals surface area contributed by atoms with Gasteiger partial charge in [-0.25, -0.2) is 0 Å². The molecule has 3 heterocycles. The Balaban J connectivity index is 1.59. The number of anilines is 1. The van der Waals surface area contributed by atoms with E-state index in [1.54, 1.807) is 25.2 Å². The minimum absolute atomic E-state index is 0.941. The van der Waals surface area contributed by atoms with E-state index in [9.17, 15) is 5.11 Å². The van der Waals surface area contributed by atoms with Gasteiger partial charge < -0.3 is 10.0 Å². The van der Waals surface area contributed by atoms with E-state index in [2.05, 4.69) is 51.7 Å². The highest BCUT2D eigenvalue weighted by molar-refractivity contribution is 7.12. The van der Waals surface area contributed by atoms with Crippen molar-refractivity contribution in [2.45, 2.75) is 39.3 Å². The van der Waals surface area contributed by atoms with Crippen LogP contribution in [0.1, 0.15) is 35.6 Å². The van der Waals surface area contributed by atoms with Gasteiger partial charge in [0.05, 0.1) is 4.88 Å². The molecule has 3 rings (SSSR count). The molecule has 5 heteroatoms. The van der Waals surface area contributed by atoms with Crippen LogP contribution < -0.4 is 4.90 Å². The Kier molecular flexibility index (Phi) is 5.98. The van der Waals surface area contributed by atoms with Gasteiger partial charge in [0.25, 0.3) is 0 Å². The molecule has 0 unspecified atom stereocenters. The van der Waals surface area contributed by atoms with Crippen molar-refractivity contribution in [2.24, 2.45) is 0 Å². The number of aliphatic hydroxyl groups is 1. The molecule has 1 aliphatic heterocycles. The standard InChI is InChI=1S/C21H27N3OS/c1-17-15-22-10-8-20(17)24-12-4-11-23(13-14-24)16-19-6-5-18(26-19)7-9-21(2,3)25/h5-6,8,10,15,25H,4,11-14,16H2,1-3H3. The Labute approximate surface area is 160 Å². The highest BCUT2D eigenvalue weighted by Gasteiger charge is 2.17.